The minimum atomic E-state index is 0.473. The molecule has 0 aromatic heterocycles. The summed E-state index contributed by atoms with van der Waals surface area (Å²) >= 11 is 2.09. The van der Waals surface area contributed by atoms with Crippen LogP contribution in [-0.4, -0.2) is 17.5 Å². The van der Waals surface area contributed by atoms with Crippen LogP contribution in [0.3, 0.4) is 0 Å². The van der Waals surface area contributed by atoms with E-state index in [1.165, 1.54) is 23.1 Å². The average molecular weight is 294 g/mol. The normalized spacial score (nSPS) is 14.6. The molecule has 0 aliphatic heterocycles. The smallest absolute Gasteiger partial charge is 0.0412 e. The monoisotopic (exact) mass is 293 g/mol. The minimum Gasteiger partial charge on any atom is -0.309 e. The van der Waals surface area contributed by atoms with Crippen molar-refractivity contribution in [3.05, 3.63) is 34.9 Å². The van der Waals surface area contributed by atoms with Crippen LogP contribution < -0.4 is 5.32 Å². The van der Waals surface area contributed by atoms with Gasteiger partial charge in [0.15, 0.2) is 0 Å². The Hall–Kier alpha value is -0.470. The Morgan fingerprint density at radius 3 is 2.35 bits per heavy atom. The van der Waals surface area contributed by atoms with Crippen LogP contribution in [0.15, 0.2) is 18.2 Å². The van der Waals surface area contributed by atoms with E-state index in [0.29, 0.717) is 11.3 Å². The zero-order valence-electron chi connectivity index (χ0n) is 14.0. The fourth-order valence-corrected chi connectivity index (χ4v) is 3.20. The molecule has 0 spiro atoms. The molecule has 20 heavy (non-hydrogen) atoms. The van der Waals surface area contributed by atoms with Crippen LogP contribution in [0.5, 0.6) is 0 Å². The second kappa shape index (κ2) is 8.74. The van der Waals surface area contributed by atoms with E-state index in [4.69, 9.17) is 0 Å². The molecule has 0 saturated heterocycles. The predicted octanol–water partition coefficient (Wildman–Crippen LogP) is 5.12. The molecule has 0 amide bonds. The highest BCUT2D eigenvalue weighted by Crippen LogP contribution is 2.26. The van der Waals surface area contributed by atoms with Crippen molar-refractivity contribution in [2.24, 2.45) is 5.92 Å². The van der Waals surface area contributed by atoms with Crippen molar-refractivity contribution in [1.29, 1.82) is 0 Å². The number of nitrogens with one attached hydrogen (secondary N) is 1. The van der Waals surface area contributed by atoms with E-state index in [0.717, 1.165) is 18.2 Å². The van der Waals surface area contributed by atoms with E-state index in [-0.39, 0.29) is 0 Å². The fraction of sp³-hybridized carbons (Fsp3) is 0.667. The predicted molar refractivity (Wildman–Crippen MR) is 93.7 cm³/mol. The van der Waals surface area contributed by atoms with Crippen molar-refractivity contribution >= 4 is 11.8 Å². The van der Waals surface area contributed by atoms with Crippen molar-refractivity contribution in [1.82, 2.24) is 5.32 Å². The Morgan fingerprint density at radius 2 is 1.80 bits per heavy atom. The summed E-state index contributed by atoms with van der Waals surface area (Å²) < 4.78 is 0. The van der Waals surface area contributed by atoms with Crippen LogP contribution in [0.25, 0.3) is 0 Å². The lowest BCUT2D eigenvalue weighted by Gasteiger charge is -2.23. The largest absolute Gasteiger partial charge is 0.309 e. The summed E-state index contributed by atoms with van der Waals surface area (Å²) in [6.45, 7) is 14.7. The lowest BCUT2D eigenvalue weighted by atomic mass is 10.0. The van der Waals surface area contributed by atoms with E-state index in [2.05, 4.69) is 76.8 Å². The summed E-state index contributed by atoms with van der Waals surface area (Å²) in [6, 6.07) is 7.36. The standard InChI is InChI=1S/C18H31NS/c1-7-10-19-18(12-20-16(6)13(2)3)17-9-8-14(4)15(5)11-17/h8-9,11,13,16,18-19H,7,10,12H2,1-6H3. The highest BCUT2D eigenvalue weighted by atomic mass is 32.2. The topological polar surface area (TPSA) is 12.0 Å². The molecule has 1 aromatic rings. The van der Waals surface area contributed by atoms with Gasteiger partial charge in [-0.15, -0.1) is 0 Å². The van der Waals surface area contributed by atoms with Gasteiger partial charge in [0.2, 0.25) is 0 Å². The third-order valence-corrected chi connectivity index (χ3v) is 5.63. The van der Waals surface area contributed by atoms with Crippen LogP contribution >= 0.6 is 11.8 Å². The highest BCUT2D eigenvalue weighted by molar-refractivity contribution is 7.99. The molecule has 1 aromatic carbocycles. The molecule has 0 bridgehead atoms. The van der Waals surface area contributed by atoms with Gasteiger partial charge in [-0.05, 0) is 49.4 Å². The zero-order valence-corrected chi connectivity index (χ0v) is 14.8. The Morgan fingerprint density at radius 1 is 1.10 bits per heavy atom. The molecule has 1 nitrogen and oxygen atoms in total. The van der Waals surface area contributed by atoms with Crippen molar-refractivity contribution in [3.8, 4) is 0 Å². The van der Waals surface area contributed by atoms with Crippen molar-refractivity contribution in [2.75, 3.05) is 12.3 Å². The molecule has 2 heteroatoms. The second-order valence-corrected chi connectivity index (χ2v) is 7.54. The van der Waals surface area contributed by atoms with Crippen molar-refractivity contribution < 1.29 is 0 Å². The first-order valence-electron chi connectivity index (χ1n) is 7.87. The summed E-state index contributed by atoms with van der Waals surface area (Å²) in [6.07, 6.45) is 1.19. The molecular weight excluding hydrogens is 262 g/mol. The van der Waals surface area contributed by atoms with Gasteiger partial charge in [-0.3, -0.25) is 0 Å². The lowest BCUT2D eigenvalue weighted by Crippen LogP contribution is -2.25. The van der Waals surface area contributed by atoms with Gasteiger partial charge in [-0.1, -0.05) is 45.9 Å². The molecule has 0 heterocycles. The number of thioether (sulfide) groups is 1. The first kappa shape index (κ1) is 17.6. The molecule has 0 fully saturated rings. The number of aryl methyl sites for hydroxylation is 2. The summed E-state index contributed by atoms with van der Waals surface area (Å²) in [5.74, 6) is 1.90. The van der Waals surface area contributed by atoms with E-state index < -0.39 is 0 Å². The maximum atomic E-state index is 3.71. The quantitative estimate of drug-likeness (QED) is 0.714. The van der Waals surface area contributed by atoms with Gasteiger partial charge >= 0.3 is 0 Å². The van der Waals surface area contributed by atoms with E-state index >= 15 is 0 Å². The molecule has 0 aliphatic rings. The van der Waals surface area contributed by atoms with Crippen LogP contribution in [0.2, 0.25) is 0 Å². The Balaban J connectivity index is 2.74. The number of hydrogen-bond donors (Lipinski definition) is 1. The van der Waals surface area contributed by atoms with Gasteiger partial charge < -0.3 is 5.32 Å². The summed E-state index contributed by atoms with van der Waals surface area (Å²) in [4.78, 5) is 0. The summed E-state index contributed by atoms with van der Waals surface area (Å²) in [5.41, 5.74) is 4.21. The van der Waals surface area contributed by atoms with Gasteiger partial charge in [0, 0.05) is 17.0 Å². The molecule has 0 saturated carbocycles. The maximum absolute atomic E-state index is 3.71. The lowest BCUT2D eigenvalue weighted by molar-refractivity contribution is 0.573. The molecule has 2 unspecified atom stereocenters. The van der Waals surface area contributed by atoms with Gasteiger partial charge in [0.25, 0.3) is 0 Å². The van der Waals surface area contributed by atoms with Crippen molar-refractivity contribution in [2.45, 2.75) is 59.3 Å². The third-order valence-electron chi connectivity index (χ3n) is 4.04. The van der Waals surface area contributed by atoms with Gasteiger partial charge in [-0.25, -0.2) is 0 Å². The number of benzene rings is 1. The first-order valence-corrected chi connectivity index (χ1v) is 8.92. The minimum absolute atomic E-state index is 0.473. The van der Waals surface area contributed by atoms with Crippen LogP contribution in [0, 0.1) is 19.8 Å². The Bertz CT molecular complexity index is 400. The molecule has 0 radical (unpaired) electrons. The average Bonchev–Trinajstić information content (AvgIpc) is 2.41. The fourth-order valence-electron chi connectivity index (χ4n) is 2.01. The number of rotatable bonds is 8. The van der Waals surface area contributed by atoms with Gasteiger partial charge in [0.1, 0.15) is 0 Å². The third kappa shape index (κ3) is 5.49. The Labute approximate surface area is 129 Å². The van der Waals surface area contributed by atoms with Gasteiger partial charge in [-0.2, -0.15) is 11.8 Å². The van der Waals surface area contributed by atoms with Crippen molar-refractivity contribution in [3.63, 3.8) is 0 Å². The molecule has 2 atom stereocenters. The van der Waals surface area contributed by atoms with Crippen LogP contribution in [0.4, 0.5) is 0 Å². The van der Waals surface area contributed by atoms with E-state index in [1.54, 1.807) is 0 Å². The van der Waals surface area contributed by atoms with E-state index in [1.807, 2.05) is 0 Å². The number of hydrogen-bond acceptors (Lipinski definition) is 2. The molecule has 1 rings (SSSR count). The molecule has 0 aliphatic carbocycles. The highest BCUT2D eigenvalue weighted by Gasteiger charge is 2.15. The van der Waals surface area contributed by atoms with Crippen LogP contribution in [0.1, 0.15) is 56.8 Å². The van der Waals surface area contributed by atoms with Gasteiger partial charge in [0.05, 0.1) is 0 Å². The molecular formula is C18H31NS. The second-order valence-electron chi connectivity index (χ2n) is 6.13. The Kier molecular flexibility index (Phi) is 7.68. The van der Waals surface area contributed by atoms with Crippen LogP contribution in [-0.2, 0) is 0 Å². The molecule has 1 N–H and O–H groups in total. The first-order chi connectivity index (χ1) is 9.45. The van der Waals surface area contributed by atoms with E-state index in [9.17, 15) is 0 Å². The SMILES string of the molecule is CCCNC(CSC(C)C(C)C)c1ccc(C)c(C)c1. The molecule has 114 valence electrons. The summed E-state index contributed by atoms with van der Waals surface area (Å²) in [7, 11) is 0. The zero-order chi connectivity index (χ0) is 15.1. The summed E-state index contributed by atoms with van der Waals surface area (Å²) in [5, 5.41) is 4.42. The maximum Gasteiger partial charge on any atom is 0.0412 e.